The third-order valence-electron chi connectivity index (χ3n) is 3.78. The van der Waals surface area contributed by atoms with Crippen LogP contribution in [0.2, 0.25) is 10.0 Å². The standard InChI is InChI=1S/C16H21Cl2N3/c1-3-13(4-2)21-8-7-12(20-21)10-16(19)11-5-6-14(17)15(18)9-11/h5-9,13,16H,3-4,10,19H2,1-2H3. The van der Waals surface area contributed by atoms with Crippen molar-refractivity contribution in [3.05, 3.63) is 51.8 Å². The Morgan fingerprint density at radius 2 is 1.86 bits per heavy atom. The lowest BCUT2D eigenvalue weighted by Crippen LogP contribution is -2.14. The molecule has 0 aliphatic rings. The highest BCUT2D eigenvalue weighted by atomic mass is 35.5. The van der Waals surface area contributed by atoms with E-state index in [1.54, 1.807) is 6.07 Å². The zero-order valence-electron chi connectivity index (χ0n) is 12.4. The van der Waals surface area contributed by atoms with E-state index >= 15 is 0 Å². The number of hydrogen-bond acceptors (Lipinski definition) is 2. The van der Waals surface area contributed by atoms with E-state index in [4.69, 9.17) is 28.9 Å². The quantitative estimate of drug-likeness (QED) is 0.829. The van der Waals surface area contributed by atoms with Gasteiger partial charge in [0.2, 0.25) is 0 Å². The molecule has 0 fully saturated rings. The number of benzene rings is 1. The lowest BCUT2D eigenvalue weighted by Gasteiger charge is -2.13. The molecule has 21 heavy (non-hydrogen) atoms. The van der Waals surface area contributed by atoms with Gasteiger partial charge < -0.3 is 5.73 Å². The molecule has 0 spiro atoms. The Hall–Kier alpha value is -1.03. The molecule has 2 aromatic rings. The largest absolute Gasteiger partial charge is 0.324 e. The second-order valence-corrected chi connectivity index (χ2v) is 6.06. The fourth-order valence-corrected chi connectivity index (χ4v) is 2.75. The summed E-state index contributed by atoms with van der Waals surface area (Å²) in [5.41, 5.74) is 8.22. The van der Waals surface area contributed by atoms with Gasteiger partial charge in [0.1, 0.15) is 0 Å². The van der Waals surface area contributed by atoms with Gasteiger partial charge in [0.15, 0.2) is 0 Å². The second-order valence-electron chi connectivity index (χ2n) is 5.24. The van der Waals surface area contributed by atoms with E-state index in [9.17, 15) is 0 Å². The van der Waals surface area contributed by atoms with Crippen LogP contribution in [-0.4, -0.2) is 9.78 Å². The van der Waals surface area contributed by atoms with Gasteiger partial charge in [0.25, 0.3) is 0 Å². The minimum absolute atomic E-state index is 0.134. The third kappa shape index (κ3) is 4.00. The molecular formula is C16H21Cl2N3. The average molecular weight is 326 g/mol. The first-order valence-corrected chi connectivity index (χ1v) is 8.05. The molecule has 0 bridgehead atoms. The van der Waals surface area contributed by atoms with Gasteiger partial charge in [-0.25, -0.2) is 0 Å². The molecule has 2 N–H and O–H groups in total. The average Bonchev–Trinajstić information content (AvgIpc) is 2.91. The Kier molecular flexibility index (Phi) is 5.68. The number of rotatable bonds is 6. The highest BCUT2D eigenvalue weighted by molar-refractivity contribution is 6.42. The molecule has 0 saturated carbocycles. The first kappa shape index (κ1) is 16.3. The van der Waals surface area contributed by atoms with Crippen LogP contribution in [0.25, 0.3) is 0 Å². The van der Waals surface area contributed by atoms with Crippen molar-refractivity contribution in [2.24, 2.45) is 5.73 Å². The van der Waals surface area contributed by atoms with Gasteiger partial charge in [-0.1, -0.05) is 43.1 Å². The van der Waals surface area contributed by atoms with E-state index in [0.717, 1.165) is 24.1 Å². The molecule has 1 heterocycles. The van der Waals surface area contributed by atoms with Crippen LogP contribution in [0, 0.1) is 0 Å². The summed E-state index contributed by atoms with van der Waals surface area (Å²) < 4.78 is 2.04. The Morgan fingerprint density at radius 3 is 2.48 bits per heavy atom. The molecule has 0 amide bonds. The van der Waals surface area contributed by atoms with Crippen molar-refractivity contribution >= 4 is 23.2 Å². The van der Waals surface area contributed by atoms with Crippen LogP contribution in [0.15, 0.2) is 30.5 Å². The number of hydrogen-bond donors (Lipinski definition) is 1. The summed E-state index contributed by atoms with van der Waals surface area (Å²) in [5, 5.41) is 5.72. The molecule has 1 atom stereocenters. The van der Waals surface area contributed by atoms with Crippen LogP contribution in [0.3, 0.4) is 0 Å². The van der Waals surface area contributed by atoms with Gasteiger partial charge in [-0.15, -0.1) is 0 Å². The lowest BCUT2D eigenvalue weighted by molar-refractivity contribution is 0.424. The Morgan fingerprint density at radius 1 is 1.14 bits per heavy atom. The molecular weight excluding hydrogens is 305 g/mol. The molecule has 0 radical (unpaired) electrons. The van der Waals surface area contributed by atoms with Gasteiger partial charge in [-0.05, 0) is 36.6 Å². The molecule has 0 saturated heterocycles. The van der Waals surface area contributed by atoms with Crippen LogP contribution >= 0.6 is 23.2 Å². The van der Waals surface area contributed by atoms with E-state index in [2.05, 4.69) is 18.9 Å². The van der Waals surface area contributed by atoms with Gasteiger partial charge in [0, 0.05) is 18.7 Å². The van der Waals surface area contributed by atoms with E-state index < -0.39 is 0 Å². The summed E-state index contributed by atoms with van der Waals surface area (Å²) in [5.74, 6) is 0. The van der Waals surface area contributed by atoms with Crippen LogP contribution in [0.4, 0.5) is 0 Å². The van der Waals surface area contributed by atoms with Gasteiger partial charge >= 0.3 is 0 Å². The summed E-state index contributed by atoms with van der Waals surface area (Å²) >= 11 is 12.0. The van der Waals surface area contributed by atoms with Crippen LogP contribution in [0.5, 0.6) is 0 Å². The number of nitrogens with zero attached hydrogens (tertiary/aromatic N) is 2. The van der Waals surface area contributed by atoms with Crippen molar-refractivity contribution in [3.8, 4) is 0 Å². The highest BCUT2D eigenvalue weighted by Crippen LogP contribution is 2.26. The van der Waals surface area contributed by atoms with E-state index in [-0.39, 0.29) is 6.04 Å². The number of nitrogens with two attached hydrogens (primary N) is 1. The number of aromatic nitrogens is 2. The number of halogens is 2. The SMILES string of the molecule is CCC(CC)n1ccc(CC(N)c2ccc(Cl)c(Cl)c2)n1. The van der Waals surface area contributed by atoms with Gasteiger partial charge in [0.05, 0.1) is 21.8 Å². The third-order valence-corrected chi connectivity index (χ3v) is 4.52. The van der Waals surface area contributed by atoms with E-state index in [1.807, 2.05) is 29.1 Å². The van der Waals surface area contributed by atoms with E-state index in [0.29, 0.717) is 22.5 Å². The minimum Gasteiger partial charge on any atom is -0.324 e. The first-order valence-electron chi connectivity index (χ1n) is 7.29. The summed E-state index contributed by atoms with van der Waals surface area (Å²) in [6, 6.07) is 7.88. The zero-order chi connectivity index (χ0) is 15.4. The van der Waals surface area contributed by atoms with Crippen molar-refractivity contribution in [2.75, 3.05) is 0 Å². The van der Waals surface area contributed by atoms with Crippen molar-refractivity contribution < 1.29 is 0 Å². The predicted octanol–water partition coefficient (Wildman–Crippen LogP) is 4.79. The van der Waals surface area contributed by atoms with Crippen LogP contribution < -0.4 is 5.73 Å². The molecule has 1 aromatic heterocycles. The molecule has 3 nitrogen and oxygen atoms in total. The fraction of sp³-hybridized carbons (Fsp3) is 0.438. The fourth-order valence-electron chi connectivity index (χ4n) is 2.44. The van der Waals surface area contributed by atoms with Gasteiger partial charge in [-0.2, -0.15) is 5.10 Å². The maximum atomic E-state index is 6.25. The Balaban J connectivity index is 2.08. The lowest BCUT2D eigenvalue weighted by atomic mass is 10.0. The van der Waals surface area contributed by atoms with E-state index in [1.165, 1.54) is 0 Å². The minimum atomic E-state index is -0.134. The van der Waals surface area contributed by atoms with Crippen molar-refractivity contribution in [3.63, 3.8) is 0 Å². The molecule has 0 aliphatic carbocycles. The molecule has 114 valence electrons. The van der Waals surface area contributed by atoms with Crippen molar-refractivity contribution in [1.82, 2.24) is 9.78 Å². The molecule has 0 aliphatic heterocycles. The Labute approximate surface area is 136 Å². The van der Waals surface area contributed by atoms with Crippen LogP contribution in [-0.2, 0) is 6.42 Å². The normalized spacial score (nSPS) is 12.9. The summed E-state index contributed by atoms with van der Waals surface area (Å²) in [6.45, 7) is 4.36. The maximum absolute atomic E-state index is 6.25. The predicted molar refractivity (Wildman–Crippen MR) is 88.9 cm³/mol. The molecule has 1 aromatic carbocycles. The molecule has 1 unspecified atom stereocenters. The monoisotopic (exact) mass is 325 g/mol. The van der Waals surface area contributed by atoms with Crippen molar-refractivity contribution in [2.45, 2.75) is 45.2 Å². The zero-order valence-corrected chi connectivity index (χ0v) is 13.9. The summed E-state index contributed by atoms with van der Waals surface area (Å²) in [4.78, 5) is 0. The summed E-state index contributed by atoms with van der Waals surface area (Å²) in [6.07, 6.45) is 4.88. The second kappa shape index (κ2) is 7.30. The smallest absolute Gasteiger partial charge is 0.0643 e. The molecule has 5 heteroatoms. The first-order chi connectivity index (χ1) is 10.0. The molecule has 2 rings (SSSR count). The topological polar surface area (TPSA) is 43.8 Å². The maximum Gasteiger partial charge on any atom is 0.0643 e. The van der Waals surface area contributed by atoms with Gasteiger partial charge in [-0.3, -0.25) is 4.68 Å². The van der Waals surface area contributed by atoms with Crippen LogP contribution in [0.1, 0.15) is 50.0 Å². The highest BCUT2D eigenvalue weighted by Gasteiger charge is 2.13. The Bertz CT molecular complexity index is 591. The van der Waals surface area contributed by atoms with Crippen molar-refractivity contribution in [1.29, 1.82) is 0 Å². The summed E-state index contributed by atoms with van der Waals surface area (Å²) in [7, 11) is 0.